The highest BCUT2D eigenvalue weighted by molar-refractivity contribution is 6.08. The summed E-state index contributed by atoms with van der Waals surface area (Å²) in [5.41, 5.74) is 0.796. The van der Waals surface area contributed by atoms with Crippen molar-refractivity contribution in [1.82, 2.24) is 20.2 Å². The first kappa shape index (κ1) is 18.6. The Morgan fingerprint density at radius 3 is 2.80 bits per heavy atom. The smallest absolute Gasteiger partial charge is 0.272 e. The molecule has 3 atom stereocenters. The molecule has 0 aliphatic carbocycles. The maximum absolute atomic E-state index is 13.5. The van der Waals surface area contributed by atoms with Crippen LogP contribution in [0.4, 0.5) is 5.69 Å². The zero-order chi connectivity index (χ0) is 21.3. The number of nitrogens with one attached hydrogen (secondary N) is 2. The van der Waals surface area contributed by atoms with Gasteiger partial charge in [0.2, 0.25) is 5.91 Å². The lowest BCUT2D eigenvalue weighted by molar-refractivity contribution is -0.142. The van der Waals surface area contributed by atoms with Crippen LogP contribution in [0.5, 0.6) is 0 Å². The molecular weight excluding hydrogens is 382 g/mol. The third-order valence-electron chi connectivity index (χ3n) is 6.90. The Labute approximate surface area is 173 Å². The number of nitrogens with zero attached hydrogens (tertiary/aromatic N) is 3. The zero-order valence-corrected chi connectivity index (χ0v) is 16.8. The van der Waals surface area contributed by atoms with Gasteiger partial charge in [-0.25, -0.2) is 4.98 Å². The van der Waals surface area contributed by atoms with Crippen molar-refractivity contribution < 1.29 is 9.59 Å². The van der Waals surface area contributed by atoms with Crippen molar-refractivity contribution in [2.45, 2.75) is 37.9 Å². The van der Waals surface area contributed by atoms with Crippen LogP contribution in [-0.2, 0) is 15.0 Å². The molecule has 2 N–H and O–H groups in total. The second-order valence-corrected chi connectivity index (χ2v) is 8.60. The highest BCUT2D eigenvalue weighted by Crippen LogP contribution is 2.62. The van der Waals surface area contributed by atoms with Gasteiger partial charge in [0.1, 0.15) is 17.9 Å². The fourth-order valence-electron chi connectivity index (χ4n) is 5.26. The topological polar surface area (TPSA) is 104 Å². The van der Waals surface area contributed by atoms with Gasteiger partial charge in [-0.3, -0.25) is 9.59 Å². The minimum absolute atomic E-state index is 0.122. The molecular formula is C22H22N5O3-. The third kappa shape index (κ3) is 2.16. The number of rotatable bonds is 3. The molecule has 3 aliphatic rings. The van der Waals surface area contributed by atoms with E-state index in [0.717, 1.165) is 10.6 Å². The molecule has 0 bridgehead atoms. The SMILES string of the molecule is C=CC(C)(C)C12CC3C(=O)NC(=Cc4cnc[nH]4)C(=O)N3C1N([O-])c1ccccc12. The molecule has 2 amide bonds. The van der Waals surface area contributed by atoms with E-state index < -0.39 is 23.0 Å². The van der Waals surface area contributed by atoms with Gasteiger partial charge in [0, 0.05) is 11.1 Å². The monoisotopic (exact) mass is 404 g/mol. The zero-order valence-electron chi connectivity index (χ0n) is 16.8. The van der Waals surface area contributed by atoms with E-state index in [2.05, 4.69) is 21.9 Å². The van der Waals surface area contributed by atoms with Gasteiger partial charge in [0.05, 0.1) is 18.2 Å². The lowest BCUT2D eigenvalue weighted by Gasteiger charge is -2.48. The number of para-hydroxylation sites is 1. The summed E-state index contributed by atoms with van der Waals surface area (Å²) in [6, 6.07) is 6.66. The van der Waals surface area contributed by atoms with E-state index >= 15 is 0 Å². The number of benzene rings is 1. The van der Waals surface area contributed by atoms with Crippen LogP contribution in [-0.4, -0.2) is 38.9 Å². The summed E-state index contributed by atoms with van der Waals surface area (Å²) in [4.78, 5) is 34.8. The molecule has 0 saturated carbocycles. The van der Waals surface area contributed by atoms with Crippen LogP contribution in [0.3, 0.4) is 0 Å². The second kappa shape index (κ2) is 6.06. The lowest BCUT2D eigenvalue weighted by atomic mass is 9.60. The minimum atomic E-state index is -0.836. The molecule has 30 heavy (non-hydrogen) atoms. The fraction of sp³-hybridized carbons (Fsp3) is 0.318. The number of fused-ring (bicyclic) bond motifs is 5. The summed E-state index contributed by atoms with van der Waals surface area (Å²) >= 11 is 0. The Bertz CT molecular complexity index is 1090. The molecule has 2 aromatic rings. The first-order valence-corrected chi connectivity index (χ1v) is 9.85. The molecule has 154 valence electrons. The van der Waals surface area contributed by atoms with Gasteiger partial charge in [0.15, 0.2) is 0 Å². The summed E-state index contributed by atoms with van der Waals surface area (Å²) in [6.45, 7) is 8.01. The predicted molar refractivity (Wildman–Crippen MR) is 112 cm³/mol. The van der Waals surface area contributed by atoms with Crippen molar-refractivity contribution in [3.63, 3.8) is 0 Å². The van der Waals surface area contributed by atoms with E-state index in [1.807, 2.05) is 38.1 Å². The predicted octanol–water partition coefficient (Wildman–Crippen LogP) is 2.28. The van der Waals surface area contributed by atoms with Crippen molar-refractivity contribution in [3.8, 4) is 0 Å². The molecule has 2 saturated heterocycles. The highest BCUT2D eigenvalue weighted by Gasteiger charge is 2.67. The number of carbonyl (C=O) groups is 2. The first-order chi connectivity index (χ1) is 14.3. The molecule has 3 unspecified atom stereocenters. The van der Waals surface area contributed by atoms with Crippen molar-refractivity contribution in [3.05, 3.63) is 71.6 Å². The number of imidazole rings is 1. The Hall–Kier alpha value is -3.39. The summed E-state index contributed by atoms with van der Waals surface area (Å²) in [5, 5.41) is 17.1. The largest absolute Gasteiger partial charge is 0.757 e. The maximum Gasteiger partial charge on any atom is 0.272 e. The van der Waals surface area contributed by atoms with Crippen LogP contribution in [0.15, 0.2) is 55.1 Å². The van der Waals surface area contributed by atoms with Crippen molar-refractivity contribution in [2.75, 3.05) is 5.06 Å². The van der Waals surface area contributed by atoms with E-state index in [0.29, 0.717) is 17.8 Å². The van der Waals surface area contributed by atoms with Crippen molar-refractivity contribution in [1.29, 1.82) is 0 Å². The number of H-pyrrole nitrogens is 1. The van der Waals surface area contributed by atoms with Gasteiger partial charge < -0.3 is 25.5 Å². The van der Waals surface area contributed by atoms with Crippen LogP contribution in [0.1, 0.15) is 31.5 Å². The first-order valence-electron chi connectivity index (χ1n) is 9.85. The van der Waals surface area contributed by atoms with Gasteiger partial charge in [0.25, 0.3) is 5.91 Å². The van der Waals surface area contributed by atoms with Crippen LogP contribution in [0.2, 0.25) is 0 Å². The molecule has 1 aromatic heterocycles. The van der Waals surface area contributed by atoms with Gasteiger partial charge in [-0.1, -0.05) is 38.1 Å². The van der Waals surface area contributed by atoms with E-state index in [9.17, 15) is 14.8 Å². The third-order valence-corrected chi connectivity index (χ3v) is 6.90. The molecule has 2 fully saturated rings. The average molecular weight is 404 g/mol. The van der Waals surface area contributed by atoms with Crippen LogP contribution in [0.25, 0.3) is 6.08 Å². The van der Waals surface area contributed by atoms with Crippen molar-refractivity contribution >= 4 is 23.6 Å². The van der Waals surface area contributed by atoms with E-state index in [4.69, 9.17) is 0 Å². The number of anilines is 1. The summed E-state index contributed by atoms with van der Waals surface area (Å²) < 4.78 is 0. The Morgan fingerprint density at radius 1 is 1.33 bits per heavy atom. The summed E-state index contributed by atoms with van der Waals surface area (Å²) in [6.07, 6.45) is 5.92. The number of piperazine rings is 1. The quantitative estimate of drug-likeness (QED) is 0.603. The van der Waals surface area contributed by atoms with Crippen LogP contribution < -0.4 is 10.4 Å². The lowest BCUT2D eigenvalue weighted by Crippen LogP contribution is -2.60. The van der Waals surface area contributed by atoms with E-state index in [-0.39, 0.29) is 17.5 Å². The van der Waals surface area contributed by atoms with E-state index in [1.54, 1.807) is 18.3 Å². The number of allylic oxidation sites excluding steroid dienone is 1. The van der Waals surface area contributed by atoms with Gasteiger partial charge >= 0.3 is 0 Å². The number of aromatic nitrogens is 2. The highest BCUT2D eigenvalue weighted by atomic mass is 16.5. The number of hydroxylamine groups is 1. The Morgan fingerprint density at radius 2 is 2.10 bits per heavy atom. The number of amides is 2. The Balaban J connectivity index is 1.69. The number of hydrogen-bond donors (Lipinski definition) is 2. The minimum Gasteiger partial charge on any atom is -0.757 e. The standard InChI is InChI=1S/C22H22N5O3/c1-4-21(2,3)22-10-17-18(28)25-15(9-13-11-23-12-24-13)19(29)26(17)20(22)27(30)16-8-6-5-7-14(16)22/h4-9,11-12,17,20H,1,10H2,2-3H3,(H,23,24)(H,25,28)/q-1. The van der Waals surface area contributed by atoms with Gasteiger partial charge in [-0.2, -0.15) is 0 Å². The maximum atomic E-state index is 13.5. The number of aromatic amines is 1. The molecule has 8 nitrogen and oxygen atoms in total. The molecule has 3 aliphatic heterocycles. The molecule has 8 heteroatoms. The Kier molecular flexibility index (Phi) is 3.76. The summed E-state index contributed by atoms with van der Waals surface area (Å²) in [7, 11) is 0. The van der Waals surface area contributed by atoms with E-state index in [1.165, 1.54) is 11.2 Å². The molecule has 5 rings (SSSR count). The van der Waals surface area contributed by atoms with Crippen molar-refractivity contribution in [2.24, 2.45) is 5.41 Å². The molecule has 0 radical (unpaired) electrons. The summed E-state index contributed by atoms with van der Waals surface area (Å²) in [5.74, 6) is -0.672. The van der Waals surface area contributed by atoms with Gasteiger partial charge in [-0.15, -0.1) is 6.58 Å². The molecule has 0 spiro atoms. The number of carbonyl (C=O) groups excluding carboxylic acids is 2. The fourth-order valence-corrected chi connectivity index (χ4v) is 5.26. The number of hydrogen-bond acceptors (Lipinski definition) is 5. The van der Waals surface area contributed by atoms with Crippen LogP contribution in [0, 0.1) is 10.6 Å². The average Bonchev–Trinajstić information content (AvgIpc) is 3.42. The second-order valence-electron chi connectivity index (χ2n) is 8.60. The van der Waals surface area contributed by atoms with Crippen LogP contribution >= 0.6 is 0 Å². The molecule has 1 aromatic carbocycles. The van der Waals surface area contributed by atoms with Gasteiger partial charge in [-0.05, 0) is 29.5 Å². The normalized spacial score (nSPS) is 29.0. The molecule has 4 heterocycles.